The maximum Gasteiger partial charge on any atom is 0.272 e. The van der Waals surface area contributed by atoms with Crippen LogP contribution in [0.2, 0.25) is 0 Å². The smallest absolute Gasteiger partial charge is 0.272 e. The van der Waals surface area contributed by atoms with Gasteiger partial charge in [0.2, 0.25) is 0 Å². The maximum atomic E-state index is 12.0. The van der Waals surface area contributed by atoms with E-state index in [1.807, 2.05) is 54.6 Å². The van der Waals surface area contributed by atoms with Gasteiger partial charge in [-0.1, -0.05) is 30.3 Å². The van der Waals surface area contributed by atoms with Crippen molar-refractivity contribution in [2.45, 2.75) is 6.61 Å². The van der Waals surface area contributed by atoms with Gasteiger partial charge in [-0.25, -0.2) is 5.43 Å². The van der Waals surface area contributed by atoms with Crippen LogP contribution in [0.5, 0.6) is 5.75 Å². The molecule has 1 heterocycles. The summed E-state index contributed by atoms with van der Waals surface area (Å²) >= 11 is 3.28. The Morgan fingerprint density at radius 1 is 1.12 bits per heavy atom. The molecule has 0 spiro atoms. The number of amides is 1. The van der Waals surface area contributed by atoms with Crippen molar-refractivity contribution < 1.29 is 9.53 Å². The monoisotopic (exact) mass is 409 g/mol. The van der Waals surface area contributed by atoms with E-state index in [-0.39, 0.29) is 5.91 Å². The first-order chi connectivity index (χ1) is 12.7. The molecule has 1 N–H and O–H groups in total. The molecule has 0 aliphatic rings. The van der Waals surface area contributed by atoms with E-state index in [1.165, 1.54) is 6.20 Å². The summed E-state index contributed by atoms with van der Waals surface area (Å²) in [5, 5.41) is 3.96. The van der Waals surface area contributed by atoms with Crippen LogP contribution < -0.4 is 10.2 Å². The predicted molar refractivity (Wildman–Crippen MR) is 104 cm³/mol. The summed E-state index contributed by atoms with van der Waals surface area (Å²) < 4.78 is 6.47. The summed E-state index contributed by atoms with van der Waals surface area (Å²) in [6.45, 7) is 0.519. The molecule has 0 fully saturated rings. The third-order valence-electron chi connectivity index (χ3n) is 3.48. The fourth-order valence-corrected chi connectivity index (χ4v) is 2.52. The number of carbonyl (C=O) groups is 1. The second-order valence-electron chi connectivity index (χ2n) is 5.43. The molecule has 5 nitrogen and oxygen atoms in total. The quantitative estimate of drug-likeness (QED) is 0.490. The van der Waals surface area contributed by atoms with E-state index in [9.17, 15) is 4.79 Å². The first kappa shape index (κ1) is 17.8. The zero-order valence-corrected chi connectivity index (χ0v) is 15.4. The van der Waals surface area contributed by atoms with E-state index in [1.54, 1.807) is 18.5 Å². The minimum atomic E-state index is -0.321. The van der Waals surface area contributed by atoms with Crippen LogP contribution in [-0.2, 0) is 6.61 Å². The Bertz CT molecular complexity index is 896. The molecule has 26 heavy (non-hydrogen) atoms. The number of hydrogen-bond donors (Lipinski definition) is 1. The van der Waals surface area contributed by atoms with Gasteiger partial charge < -0.3 is 4.74 Å². The summed E-state index contributed by atoms with van der Waals surface area (Å²) in [5.41, 5.74) is 4.87. The minimum Gasteiger partial charge on any atom is -0.489 e. The summed E-state index contributed by atoms with van der Waals surface area (Å²) in [7, 11) is 0. The molecule has 3 aromatic rings. The number of carbonyl (C=O) groups excluding carboxylic acids is 1. The molecule has 6 heteroatoms. The molecular weight excluding hydrogens is 394 g/mol. The Kier molecular flexibility index (Phi) is 6.11. The van der Waals surface area contributed by atoms with Crippen LogP contribution in [0.3, 0.4) is 0 Å². The number of nitrogens with one attached hydrogen (secondary N) is 1. The van der Waals surface area contributed by atoms with Gasteiger partial charge in [0.05, 0.1) is 11.8 Å². The van der Waals surface area contributed by atoms with E-state index in [2.05, 4.69) is 31.4 Å². The lowest BCUT2D eigenvalue weighted by atomic mass is 10.2. The third-order valence-corrected chi connectivity index (χ3v) is 3.91. The molecule has 0 radical (unpaired) electrons. The Balaban J connectivity index is 1.52. The van der Waals surface area contributed by atoms with Gasteiger partial charge in [-0.3, -0.25) is 9.78 Å². The number of aromatic nitrogens is 1. The number of pyridine rings is 1. The second kappa shape index (κ2) is 8.92. The van der Waals surface area contributed by atoms with E-state index in [0.717, 1.165) is 21.3 Å². The molecule has 2 aromatic carbocycles. The average molecular weight is 410 g/mol. The summed E-state index contributed by atoms with van der Waals surface area (Å²) in [6.07, 6.45) is 4.67. The molecular formula is C20H16BrN3O2. The number of benzene rings is 2. The highest BCUT2D eigenvalue weighted by atomic mass is 79.9. The summed E-state index contributed by atoms with van der Waals surface area (Å²) in [5.74, 6) is 0.452. The number of hydrazone groups is 1. The van der Waals surface area contributed by atoms with Crippen molar-refractivity contribution in [1.29, 1.82) is 0 Å². The average Bonchev–Trinajstić information content (AvgIpc) is 2.68. The van der Waals surface area contributed by atoms with E-state index < -0.39 is 0 Å². The van der Waals surface area contributed by atoms with Gasteiger partial charge in [0, 0.05) is 16.9 Å². The number of hydrogen-bond acceptors (Lipinski definition) is 4. The molecule has 1 amide bonds. The van der Waals surface area contributed by atoms with Gasteiger partial charge >= 0.3 is 0 Å². The fraction of sp³-hybridized carbons (Fsp3) is 0.0500. The number of rotatable bonds is 6. The van der Waals surface area contributed by atoms with Crippen molar-refractivity contribution in [1.82, 2.24) is 10.4 Å². The predicted octanol–water partition coefficient (Wildman–Crippen LogP) is 4.19. The summed E-state index contributed by atoms with van der Waals surface area (Å²) in [4.78, 5) is 15.9. The van der Waals surface area contributed by atoms with Gasteiger partial charge in [-0.2, -0.15) is 5.10 Å². The number of halogens is 1. The fourth-order valence-electron chi connectivity index (χ4n) is 2.16. The summed E-state index contributed by atoms with van der Waals surface area (Å²) in [6, 6.07) is 19.1. The Hall–Kier alpha value is -2.99. The van der Waals surface area contributed by atoms with Gasteiger partial charge in [-0.15, -0.1) is 0 Å². The molecule has 0 saturated heterocycles. The van der Waals surface area contributed by atoms with Crippen LogP contribution in [-0.4, -0.2) is 17.1 Å². The van der Waals surface area contributed by atoms with Crippen molar-refractivity contribution in [2.75, 3.05) is 0 Å². The van der Waals surface area contributed by atoms with Crippen molar-refractivity contribution in [3.63, 3.8) is 0 Å². The molecule has 0 unspecified atom stereocenters. The highest BCUT2D eigenvalue weighted by molar-refractivity contribution is 9.10. The van der Waals surface area contributed by atoms with Crippen LogP contribution in [0.4, 0.5) is 0 Å². The topological polar surface area (TPSA) is 63.6 Å². The normalized spacial score (nSPS) is 10.7. The second-order valence-corrected chi connectivity index (χ2v) is 6.35. The lowest BCUT2D eigenvalue weighted by molar-refractivity contribution is 0.0954. The van der Waals surface area contributed by atoms with E-state index in [4.69, 9.17) is 4.74 Å². The van der Waals surface area contributed by atoms with Crippen LogP contribution in [0.15, 0.2) is 82.6 Å². The molecule has 0 aliphatic carbocycles. The van der Waals surface area contributed by atoms with Crippen molar-refractivity contribution in [3.05, 3.63) is 94.2 Å². The zero-order valence-electron chi connectivity index (χ0n) is 13.8. The van der Waals surface area contributed by atoms with Gasteiger partial charge in [0.25, 0.3) is 5.91 Å². The van der Waals surface area contributed by atoms with Crippen LogP contribution in [0.25, 0.3) is 0 Å². The van der Waals surface area contributed by atoms with Crippen LogP contribution in [0.1, 0.15) is 21.5 Å². The highest BCUT2D eigenvalue weighted by Gasteiger charge is 2.04. The van der Waals surface area contributed by atoms with Gasteiger partial charge in [0.15, 0.2) is 0 Å². The number of nitrogens with zero attached hydrogens (tertiary/aromatic N) is 2. The highest BCUT2D eigenvalue weighted by Crippen LogP contribution is 2.13. The molecule has 130 valence electrons. The van der Waals surface area contributed by atoms with Crippen LogP contribution in [0, 0.1) is 0 Å². The number of ether oxygens (including phenoxy) is 1. The SMILES string of the molecule is O=C(N/N=C/c1ccc(OCc2ccccc2)cc1)c1cncc(Br)c1. The van der Waals surface area contributed by atoms with Gasteiger partial charge in [0.1, 0.15) is 12.4 Å². The van der Waals surface area contributed by atoms with E-state index in [0.29, 0.717) is 12.2 Å². The first-order valence-corrected chi connectivity index (χ1v) is 8.71. The Labute approximate surface area is 159 Å². The third kappa shape index (κ3) is 5.26. The van der Waals surface area contributed by atoms with Crippen molar-refractivity contribution in [3.8, 4) is 5.75 Å². The minimum absolute atomic E-state index is 0.321. The molecule has 0 saturated carbocycles. The molecule has 1 aromatic heterocycles. The van der Waals surface area contributed by atoms with Crippen LogP contribution >= 0.6 is 15.9 Å². The largest absolute Gasteiger partial charge is 0.489 e. The zero-order chi connectivity index (χ0) is 18.2. The standard InChI is InChI=1S/C20H16BrN3O2/c21-18-10-17(12-22-13-18)20(25)24-23-11-15-6-8-19(9-7-15)26-14-16-4-2-1-3-5-16/h1-13H,14H2,(H,24,25)/b23-11+. The van der Waals surface area contributed by atoms with Crippen molar-refractivity contribution >= 4 is 28.1 Å². The molecule has 3 rings (SSSR count). The Morgan fingerprint density at radius 2 is 1.88 bits per heavy atom. The maximum absolute atomic E-state index is 12.0. The lowest BCUT2D eigenvalue weighted by Gasteiger charge is -2.06. The molecule has 0 atom stereocenters. The van der Waals surface area contributed by atoms with Crippen molar-refractivity contribution in [2.24, 2.45) is 5.10 Å². The van der Waals surface area contributed by atoms with E-state index >= 15 is 0 Å². The molecule has 0 bridgehead atoms. The molecule has 0 aliphatic heterocycles. The Morgan fingerprint density at radius 3 is 2.62 bits per heavy atom. The lowest BCUT2D eigenvalue weighted by Crippen LogP contribution is -2.17. The first-order valence-electron chi connectivity index (χ1n) is 7.91. The van der Waals surface area contributed by atoms with Gasteiger partial charge in [-0.05, 0) is 57.4 Å².